The number of hydrogen-bond acceptors (Lipinski definition) is 4. The highest BCUT2D eigenvalue weighted by molar-refractivity contribution is 9.10. The van der Waals surface area contributed by atoms with Crippen molar-refractivity contribution in [1.29, 1.82) is 0 Å². The third-order valence-corrected chi connectivity index (χ3v) is 5.36. The Balaban J connectivity index is 1.59. The van der Waals surface area contributed by atoms with Crippen LogP contribution >= 0.6 is 15.9 Å². The van der Waals surface area contributed by atoms with Gasteiger partial charge in [-0.05, 0) is 59.8 Å². The normalized spacial score (nSPS) is 22.7. The van der Waals surface area contributed by atoms with E-state index in [1.807, 2.05) is 6.07 Å². The van der Waals surface area contributed by atoms with Gasteiger partial charge in [0.05, 0.1) is 9.99 Å². The zero-order valence-electron chi connectivity index (χ0n) is 12.1. The Morgan fingerprint density at radius 2 is 2.23 bits per heavy atom. The molecule has 1 saturated carbocycles. The third kappa shape index (κ3) is 2.40. The van der Waals surface area contributed by atoms with Crippen LogP contribution in [-0.2, 0) is 0 Å². The number of halogens is 1. The minimum atomic E-state index is -0.0741. The molecule has 0 radical (unpaired) electrons. The summed E-state index contributed by atoms with van der Waals surface area (Å²) >= 11 is 3.44. The van der Waals surface area contributed by atoms with Crippen LogP contribution in [0.15, 0.2) is 29.0 Å². The maximum Gasteiger partial charge on any atom is 0.270 e. The van der Waals surface area contributed by atoms with E-state index in [1.54, 1.807) is 18.5 Å². The molecule has 2 N–H and O–H groups in total. The first-order chi connectivity index (χ1) is 10.7. The van der Waals surface area contributed by atoms with E-state index >= 15 is 0 Å². The molecule has 1 amide bonds. The largest absolute Gasteiger partial charge is 0.345 e. The number of aromatic nitrogens is 2. The average molecular weight is 361 g/mol. The maximum atomic E-state index is 12.6. The van der Waals surface area contributed by atoms with Crippen molar-refractivity contribution in [2.75, 3.05) is 13.1 Å². The van der Waals surface area contributed by atoms with E-state index in [-0.39, 0.29) is 11.4 Å². The standard InChI is InChI=1S/C16H17BrN4O/c17-12-9-19-7-10-1-2-13(20-14(10)12)15(22)21-16(4-5-16)11-3-6-18-8-11/h1-2,7,9,11,18H,3-6,8H2,(H,21,22). The molecule has 2 aliphatic rings. The summed E-state index contributed by atoms with van der Waals surface area (Å²) in [6.07, 6.45) is 6.74. The van der Waals surface area contributed by atoms with Crippen LogP contribution in [0.5, 0.6) is 0 Å². The van der Waals surface area contributed by atoms with Crippen molar-refractivity contribution in [3.63, 3.8) is 0 Å². The van der Waals surface area contributed by atoms with Crippen molar-refractivity contribution in [2.24, 2.45) is 5.92 Å². The number of rotatable bonds is 3. The maximum absolute atomic E-state index is 12.6. The van der Waals surface area contributed by atoms with E-state index in [4.69, 9.17) is 0 Å². The lowest BCUT2D eigenvalue weighted by Crippen LogP contribution is -2.43. The topological polar surface area (TPSA) is 66.9 Å². The third-order valence-electron chi connectivity index (χ3n) is 4.78. The van der Waals surface area contributed by atoms with Crippen molar-refractivity contribution in [3.05, 3.63) is 34.7 Å². The highest BCUT2D eigenvalue weighted by Crippen LogP contribution is 2.44. The number of amides is 1. The van der Waals surface area contributed by atoms with Gasteiger partial charge in [-0.1, -0.05) is 0 Å². The summed E-state index contributed by atoms with van der Waals surface area (Å²) in [4.78, 5) is 21.2. The molecule has 0 spiro atoms. The van der Waals surface area contributed by atoms with Crippen LogP contribution in [0.25, 0.3) is 10.9 Å². The molecule has 1 aliphatic heterocycles. The molecule has 2 fully saturated rings. The number of fused-ring (bicyclic) bond motifs is 1. The van der Waals surface area contributed by atoms with Crippen LogP contribution in [0.2, 0.25) is 0 Å². The van der Waals surface area contributed by atoms with E-state index in [2.05, 4.69) is 36.5 Å². The molecule has 0 bridgehead atoms. The highest BCUT2D eigenvalue weighted by Gasteiger charge is 2.51. The van der Waals surface area contributed by atoms with Gasteiger partial charge in [-0.3, -0.25) is 9.78 Å². The minimum absolute atomic E-state index is 0.00725. The fourth-order valence-corrected chi connectivity index (χ4v) is 3.76. The van der Waals surface area contributed by atoms with Gasteiger partial charge >= 0.3 is 0 Å². The first-order valence-corrected chi connectivity index (χ1v) is 8.41. The molecule has 2 aromatic rings. The quantitative estimate of drug-likeness (QED) is 0.880. The number of nitrogens with one attached hydrogen (secondary N) is 2. The van der Waals surface area contributed by atoms with E-state index in [9.17, 15) is 4.79 Å². The van der Waals surface area contributed by atoms with Crippen LogP contribution < -0.4 is 10.6 Å². The smallest absolute Gasteiger partial charge is 0.270 e. The number of hydrogen-bond donors (Lipinski definition) is 2. The van der Waals surface area contributed by atoms with Crippen molar-refractivity contribution >= 4 is 32.7 Å². The first kappa shape index (κ1) is 14.1. The molecule has 0 aromatic carbocycles. The SMILES string of the molecule is O=C(NC1(C2CCNC2)CC1)c1ccc2cncc(Br)c2n1. The van der Waals surface area contributed by atoms with Gasteiger partial charge in [-0.2, -0.15) is 0 Å². The summed E-state index contributed by atoms with van der Waals surface area (Å²) in [6.45, 7) is 2.05. The molecule has 4 rings (SSSR count). The molecular formula is C16H17BrN4O. The summed E-state index contributed by atoms with van der Waals surface area (Å²) < 4.78 is 0.806. The van der Waals surface area contributed by atoms with Gasteiger partial charge in [0, 0.05) is 29.9 Å². The lowest BCUT2D eigenvalue weighted by molar-refractivity contribution is 0.0911. The monoisotopic (exact) mass is 360 g/mol. The Hall–Kier alpha value is -1.53. The van der Waals surface area contributed by atoms with E-state index < -0.39 is 0 Å². The minimum Gasteiger partial charge on any atom is -0.345 e. The van der Waals surface area contributed by atoms with E-state index in [1.165, 1.54) is 0 Å². The van der Waals surface area contributed by atoms with Crippen molar-refractivity contribution in [2.45, 2.75) is 24.8 Å². The number of pyridine rings is 2. The van der Waals surface area contributed by atoms with E-state index in [0.717, 1.165) is 47.7 Å². The lowest BCUT2D eigenvalue weighted by Gasteiger charge is -2.23. The molecular weight excluding hydrogens is 344 g/mol. The lowest BCUT2D eigenvalue weighted by atomic mass is 9.96. The molecule has 5 nitrogen and oxygen atoms in total. The average Bonchev–Trinajstić information content (AvgIpc) is 3.09. The summed E-state index contributed by atoms with van der Waals surface area (Å²) in [5.74, 6) is 0.475. The summed E-state index contributed by atoms with van der Waals surface area (Å²) in [5, 5.41) is 7.54. The van der Waals surface area contributed by atoms with Gasteiger partial charge in [-0.15, -0.1) is 0 Å². The van der Waals surface area contributed by atoms with Crippen molar-refractivity contribution < 1.29 is 4.79 Å². The second-order valence-electron chi connectivity index (χ2n) is 6.19. The Morgan fingerprint density at radius 3 is 2.95 bits per heavy atom. The van der Waals surface area contributed by atoms with Gasteiger partial charge in [0.15, 0.2) is 0 Å². The Labute approximate surface area is 137 Å². The second kappa shape index (κ2) is 5.28. The Morgan fingerprint density at radius 1 is 1.36 bits per heavy atom. The predicted octanol–water partition coefficient (Wildman–Crippen LogP) is 2.26. The molecule has 22 heavy (non-hydrogen) atoms. The van der Waals surface area contributed by atoms with Crippen LogP contribution in [0.1, 0.15) is 29.8 Å². The molecule has 3 heterocycles. The van der Waals surface area contributed by atoms with Gasteiger partial charge in [0.2, 0.25) is 0 Å². The van der Waals surface area contributed by atoms with Crippen molar-refractivity contribution in [3.8, 4) is 0 Å². The van der Waals surface area contributed by atoms with E-state index in [0.29, 0.717) is 11.6 Å². The van der Waals surface area contributed by atoms with Gasteiger partial charge in [0.25, 0.3) is 5.91 Å². The van der Waals surface area contributed by atoms with Gasteiger partial charge in [0.1, 0.15) is 5.69 Å². The fraction of sp³-hybridized carbons (Fsp3) is 0.438. The molecule has 6 heteroatoms. The molecule has 114 valence electrons. The predicted molar refractivity (Wildman–Crippen MR) is 87.6 cm³/mol. The van der Waals surface area contributed by atoms with Crippen LogP contribution in [0, 0.1) is 5.92 Å². The van der Waals surface area contributed by atoms with Crippen LogP contribution in [-0.4, -0.2) is 34.5 Å². The summed E-state index contributed by atoms with van der Waals surface area (Å²) in [6, 6.07) is 3.67. The Kier molecular flexibility index (Phi) is 3.38. The van der Waals surface area contributed by atoms with Gasteiger partial charge < -0.3 is 10.6 Å². The molecule has 1 atom stereocenters. The number of nitrogens with zero attached hydrogens (tertiary/aromatic N) is 2. The molecule has 1 saturated heterocycles. The zero-order valence-corrected chi connectivity index (χ0v) is 13.7. The molecule has 2 aromatic heterocycles. The highest BCUT2D eigenvalue weighted by atomic mass is 79.9. The first-order valence-electron chi connectivity index (χ1n) is 7.61. The number of carbonyl (C=O) groups excluding carboxylic acids is 1. The zero-order chi connectivity index (χ0) is 15.2. The van der Waals surface area contributed by atoms with Crippen LogP contribution in [0.3, 0.4) is 0 Å². The van der Waals surface area contributed by atoms with Gasteiger partial charge in [-0.25, -0.2) is 4.98 Å². The summed E-state index contributed by atoms with van der Waals surface area (Å²) in [5.41, 5.74) is 1.24. The number of carbonyl (C=O) groups is 1. The second-order valence-corrected chi connectivity index (χ2v) is 7.04. The Bertz CT molecular complexity index is 738. The fourth-order valence-electron chi connectivity index (χ4n) is 3.32. The van der Waals surface area contributed by atoms with Crippen molar-refractivity contribution in [1.82, 2.24) is 20.6 Å². The molecule has 1 unspecified atom stereocenters. The summed E-state index contributed by atoms with van der Waals surface area (Å²) in [7, 11) is 0. The molecule has 1 aliphatic carbocycles. The van der Waals surface area contributed by atoms with Crippen LogP contribution in [0.4, 0.5) is 0 Å².